The lowest BCUT2D eigenvalue weighted by Crippen LogP contribution is -2.66. The molecule has 3 aliphatic heterocycles. The van der Waals surface area contributed by atoms with Crippen LogP contribution in [0.15, 0.2) is 59.0 Å². The minimum atomic E-state index is -1.02. The van der Waals surface area contributed by atoms with Gasteiger partial charge in [-0.25, -0.2) is 18.6 Å². The highest BCUT2D eigenvalue weighted by molar-refractivity contribution is 7.13. The molecule has 1 aliphatic carbocycles. The minimum absolute atomic E-state index is 0.0398. The summed E-state index contributed by atoms with van der Waals surface area (Å²) in [6, 6.07) is 10.8. The maximum Gasteiger partial charge on any atom is 0.510 e. The number of hydrogen-bond acceptors (Lipinski definition) is 10. The largest absolute Gasteiger partial charge is 0.510 e. The van der Waals surface area contributed by atoms with E-state index in [0.717, 1.165) is 43.6 Å². The van der Waals surface area contributed by atoms with Gasteiger partial charge >= 0.3 is 6.16 Å². The number of methoxy groups -OCH3 is 1. The lowest BCUT2D eigenvalue weighted by molar-refractivity contribution is -0.0433. The van der Waals surface area contributed by atoms with Crippen LogP contribution in [0.5, 0.6) is 5.75 Å². The van der Waals surface area contributed by atoms with E-state index in [1.807, 2.05) is 29.3 Å². The standard InChI is InChI=1S/C34H30F2N4O7S/c1-44-33(43)47-18-46-30-23(41)8-12-39-29(30)32(42)38-13-9-34(10-14-45-15-11-34)16-24(38)40(39)28-19-4-2-3-5-20(19)31-27(37-17-48-31)25-21(28)6-7-22(35)26(25)36/h2-8,12,17,24,28H,9-11,13-16,18H2,1H3/t24-,28-/m1/s1. The Labute approximate surface area is 277 Å². The number of benzene rings is 2. The number of ether oxygens (including phenoxy) is 4. The summed E-state index contributed by atoms with van der Waals surface area (Å²) in [4.78, 5) is 46.4. The lowest BCUT2D eigenvalue weighted by Gasteiger charge is -2.56. The fourth-order valence-electron chi connectivity index (χ4n) is 7.69. The first-order chi connectivity index (χ1) is 23.3. The number of thiazole rings is 1. The van der Waals surface area contributed by atoms with E-state index < -0.39 is 48.1 Å². The molecule has 2 aromatic carbocycles. The Balaban J connectivity index is 1.38. The van der Waals surface area contributed by atoms with Crippen molar-refractivity contribution in [2.24, 2.45) is 5.41 Å². The first kappa shape index (κ1) is 30.5. The van der Waals surface area contributed by atoms with E-state index >= 15 is 8.78 Å². The van der Waals surface area contributed by atoms with Crippen LogP contribution in [0.25, 0.3) is 21.7 Å². The molecule has 2 aromatic heterocycles. The number of amides is 1. The summed E-state index contributed by atoms with van der Waals surface area (Å²) in [5.74, 6) is -2.76. The second-order valence-corrected chi connectivity index (χ2v) is 13.2. The molecule has 11 nitrogen and oxygen atoms in total. The molecule has 248 valence electrons. The molecule has 2 fully saturated rings. The number of aromatic nitrogens is 2. The van der Waals surface area contributed by atoms with Crippen LogP contribution >= 0.6 is 11.3 Å². The Bertz CT molecular complexity index is 2010. The van der Waals surface area contributed by atoms with Gasteiger partial charge in [0, 0.05) is 37.6 Å². The Morgan fingerprint density at radius 3 is 2.71 bits per heavy atom. The molecule has 0 bridgehead atoms. The maximum absolute atomic E-state index is 16.1. The van der Waals surface area contributed by atoms with Gasteiger partial charge in [-0.3, -0.25) is 19.3 Å². The van der Waals surface area contributed by atoms with Gasteiger partial charge in [-0.1, -0.05) is 30.3 Å². The molecule has 4 aromatic rings. The molecule has 14 heteroatoms. The predicted octanol–water partition coefficient (Wildman–Crippen LogP) is 5.45. The van der Waals surface area contributed by atoms with Crippen LogP contribution in [-0.4, -0.2) is 66.4 Å². The zero-order chi connectivity index (χ0) is 33.2. The number of pyridine rings is 1. The van der Waals surface area contributed by atoms with E-state index in [-0.39, 0.29) is 22.4 Å². The highest BCUT2D eigenvalue weighted by atomic mass is 32.1. The Morgan fingerprint density at radius 1 is 1.08 bits per heavy atom. The van der Waals surface area contributed by atoms with E-state index in [1.165, 1.54) is 23.6 Å². The van der Waals surface area contributed by atoms with E-state index in [1.54, 1.807) is 21.2 Å². The van der Waals surface area contributed by atoms with Crippen molar-refractivity contribution < 1.29 is 37.3 Å². The SMILES string of the molecule is COC(=O)OCOc1c2n(ccc1=O)N([C@@H]1c3ccccc3-c3scnc3-c3c1ccc(F)c3F)[C@@H]1CC3(CCOCC3)CCN1C2=O. The molecule has 2 atom stereocenters. The number of nitrogens with zero attached hydrogens (tertiary/aromatic N) is 4. The van der Waals surface area contributed by atoms with Gasteiger partial charge in [0.2, 0.25) is 18.0 Å². The number of rotatable bonds is 4. The quantitative estimate of drug-likeness (QED) is 0.206. The molecule has 0 unspecified atom stereocenters. The van der Waals surface area contributed by atoms with Crippen LogP contribution in [0.3, 0.4) is 0 Å². The molecule has 1 amide bonds. The van der Waals surface area contributed by atoms with E-state index in [2.05, 4.69) is 9.72 Å². The third-order valence-electron chi connectivity index (χ3n) is 10.0. The lowest BCUT2D eigenvalue weighted by atomic mass is 9.71. The smallest absolute Gasteiger partial charge is 0.451 e. The number of halogens is 2. The fraction of sp³-hybridized carbons (Fsp3) is 0.353. The monoisotopic (exact) mass is 676 g/mol. The van der Waals surface area contributed by atoms with Crippen LogP contribution in [0.4, 0.5) is 13.6 Å². The molecule has 8 rings (SSSR count). The van der Waals surface area contributed by atoms with Crippen LogP contribution in [0.2, 0.25) is 0 Å². The summed E-state index contributed by atoms with van der Waals surface area (Å²) < 4.78 is 53.5. The van der Waals surface area contributed by atoms with Gasteiger partial charge in [0.15, 0.2) is 17.3 Å². The highest BCUT2D eigenvalue weighted by Crippen LogP contribution is 2.52. The topological polar surface area (TPSA) is 112 Å². The van der Waals surface area contributed by atoms with Gasteiger partial charge in [-0.05, 0) is 53.9 Å². The number of fused-ring (bicyclic) bond motifs is 7. The van der Waals surface area contributed by atoms with Gasteiger partial charge in [0.1, 0.15) is 6.17 Å². The summed E-state index contributed by atoms with van der Waals surface area (Å²) in [7, 11) is 1.14. The molecule has 0 radical (unpaired) electrons. The van der Waals surface area contributed by atoms with Gasteiger partial charge < -0.3 is 23.8 Å². The van der Waals surface area contributed by atoms with Crippen LogP contribution in [0, 0.1) is 17.0 Å². The van der Waals surface area contributed by atoms with Gasteiger partial charge in [0.05, 0.1) is 29.2 Å². The van der Waals surface area contributed by atoms with Crippen LogP contribution < -0.4 is 15.2 Å². The third kappa shape index (κ3) is 4.68. The summed E-state index contributed by atoms with van der Waals surface area (Å²) in [5, 5.41) is 1.98. The average Bonchev–Trinajstić information content (AvgIpc) is 3.54. The molecule has 5 heterocycles. The van der Waals surface area contributed by atoms with Crippen LogP contribution in [0.1, 0.15) is 53.3 Å². The molecular formula is C34H30F2N4O7S. The number of carbonyl (C=O) groups is 2. The van der Waals surface area contributed by atoms with Crippen molar-refractivity contribution in [1.29, 1.82) is 0 Å². The summed E-state index contributed by atoms with van der Waals surface area (Å²) in [6.07, 6.45) is 2.86. The first-order valence-electron chi connectivity index (χ1n) is 15.6. The van der Waals surface area contributed by atoms with Crippen molar-refractivity contribution >= 4 is 23.4 Å². The summed E-state index contributed by atoms with van der Waals surface area (Å²) in [6.45, 7) is 0.917. The fourth-order valence-corrected chi connectivity index (χ4v) is 8.53. The Hall–Kier alpha value is -4.82. The molecule has 48 heavy (non-hydrogen) atoms. The van der Waals surface area contributed by atoms with Gasteiger partial charge in [0.25, 0.3) is 5.91 Å². The number of hydrogen-bond donors (Lipinski definition) is 0. The predicted molar refractivity (Wildman–Crippen MR) is 169 cm³/mol. The molecule has 1 spiro atoms. The molecule has 0 saturated carbocycles. The first-order valence-corrected chi connectivity index (χ1v) is 16.5. The average molecular weight is 677 g/mol. The summed E-state index contributed by atoms with van der Waals surface area (Å²) in [5.41, 5.74) is 3.23. The second kappa shape index (κ2) is 11.7. The summed E-state index contributed by atoms with van der Waals surface area (Å²) >= 11 is 1.34. The zero-order valence-electron chi connectivity index (χ0n) is 25.8. The van der Waals surface area contributed by atoms with E-state index in [0.29, 0.717) is 42.3 Å². The molecule has 4 aliphatic rings. The molecule has 0 N–H and O–H groups in total. The van der Waals surface area contributed by atoms with Crippen molar-refractivity contribution in [1.82, 2.24) is 14.6 Å². The van der Waals surface area contributed by atoms with E-state index in [9.17, 15) is 14.4 Å². The van der Waals surface area contributed by atoms with Gasteiger partial charge in [-0.15, -0.1) is 11.3 Å². The highest BCUT2D eigenvalue weighted by Gasteiger charge is 2.51. The second-order valence-electron chi connectivity index (χ2n) is 12.3. The number of piperidine rings is 1. The number of carbonyl (C=O) groups excluding carboxylic acids is 2. The van der Waals surface area contributed by atoms with E-state index in [4.69, 9.17) is 14.2 Å². The van der Waals surface area contributed by atoms with Crippen molar-refractivity contribution in [3.63, 3.8) is 0 Å². The van der Waals surface area contributed by atoms with Crippen molar-refractivity contribution in [2.45, 2.75) is 37.9 Å². The maximum atomic E-state index is 16.1. The Morgan fingerprint density at radius 2 is 1.90 bits per heavy atom. The van der Waals surface area contributed by atoms with Crippen LogP contribution in [-0.2, 0) is 14.2 Å². The van der Waals surface area contributed by atoms with Crippen molar-refractivity contribution in [3.8, 4) is 27.4 Å². The minimum Gasteiger partial charge on any atom is -0.451 e. The third-order valence-corrected chi connectivity index (χ3v) is 10.9. The van der Waals surface area contributed by atoms with Crippen molar-refractivity contribution in [2.75, 3.05) is 38.7 Å². The molecule has 2 saturated heterocycles. The Kier molecular flexibility index (Phi) is 7.44. The van der Waals surface area contributed by atoms with Crippen molar-refractivity contribution in [3.05, 3.63) is 92.9 Å². The molecular weight excluding hydrogens is 646 g/mol. The van der Waals surface area contributed by atoms with Gasteiger partial charge in [-0.2, -0.15) is 0 Å². The normalized spacial score (nSPS) is 20.5. The zero-order valence-corrected chi connectivity index (χ0v) is 26.6.